The van der Waals surface area contributed by atoms with Gasteiger partial charge in [0.15, 0.2) is 0 Å². The number of alkyl halides is 2. The van der Waals surface area contributed by atoms with Crippen LogP contribution in [0.4, 0.5) is 8.78 Å². The van der Waals surface area contributed by atoms with Gasteiger partial charge in [-0.2, -0.15) is 8.78 Å². The van der Waals surface area contributed by atoms with E-state index in [0.717, 1.165) is 16.6 Å². The molecule has 5 heteroatoms. The quantitative estimate of drug-likeness (QED) is 0.829. The van der Waals surface area contributed by atoms with Crippen LogP contribution in [0, 0.1) is 6.92 Å². The first-order valence-corrected chi connectivity index (χ1v) is 5.61. The summed E-state index contributed by atoms with van der Waals surface area (Å²) in [6.45, 7) is 1.79. The Balaban J connectivity index is 2.56. The monoisotopic (exact) mass is 243 g/mol. The third-order valence-corrected chi connectivity index (χ3v) is 3.28. The number of aryl methyl sites for hydroxylation is 1. The Labute approximate surface area is 96.0 Å². The van der Waals surface area contributed by atoms with E-state index in [4.69, 9.17) is 4.74 Å². The highest BCUT2D eigenvalue weighted by Crippen LogP contribution is 2.36. The fourth-order valence-corrected chi connectivity index (χ4v) is 2.35. The molecule has 2 nitrogen and oxygen atoms in total. The maximum atomic E-state index is 12.4. The van der Waals surface area contributed by atoms with Crippen LogP contribution in [0.2, 0.25) is 0 Å². The van der Waals surface area contributed by atoms with Crippen molar-refractivity contribution in [3.05, 3.63) is 23.9 Å². The highest BCUT2D eigenvalue weighted by Gasteiger charge is 2.14. The fraction of sp³-hybridized carbons (Fsp3) is 0.273. The molecule has 0 spiro atoms. The second-order valence-corrected chi connectivity index (χ2v) is 4.37. The number of ether oxygens (including phenoxy) is 1. The zero-order valence-electron chi connectivity index (χ0n) is 8.88. The summed E-state index contributed by atoms with van der Waals surface area (Å²) in [6.07, 6.45) is 0. The first-order valence-electron chi connectivity index (χ1n) is 4.73. The molecule has 1 aromatic heterocycles. The molecule has 0 unspecified atom stereocenters. The summed E-state index contributed by atoms with van der Waals surface area (Å²) in [4.78, 5) is 3.66. The molecule has 1 heterocycles. The molecule has 16 heavy (non-hydrogen) atoms. The summed E-state index contributed by atoms with van der Waals surface area (Å²) in [6, 6.07) is 5.40. The SMILES string of the molecule is COc1ccc2[nH]c(C)c(SC(F)F)c2c1. The molecule has 0 saturated heterocycles. The number of aromatic amines is 1. The second-order valence-electron chi connectivity index (χ2n) is 3.37. The molecule has 2 rings (SSSR count). The number of aromatic nitrogens is 1. The summed E-state index contributed by atoms with van der Waals surface area (Å²) < 4.78 is 29.9. The lowest BCUT2D eigenvalue weighted by Crippen LogP contribution is -1.84. The smallest absolute Gasteiger partial charge is 0.288 e. The van der Waals surface area contributed by atoms with Gasteiger partial charge < -0.3 is 9.72 Å². The van der Waals surface area contributed by atoms with Gasteiger partial charge in [-0.3, -0.25) is 0 Å². The van der Waals surface area contributed by atoms with Gasteiger partial charge in [-0.1, -0.05) is 11.8 Å². The van der Waals surface area contributed by atoms with Crippen LogP contribution in [-0.2, 0) is 0 Å². The lowest BCUT2D eigenvalue weighted by molar-refractivity contribution is 0.252. The third-order valence-electron chi connectivity index (χ3n) is 2.34. The normalized spacial score (nSPS) is 11.3. The summed E-state index contributed by atoms with van der Waals surface area (Å²) in [5.41, 5.74) is 1.61. The Morgan fingerprint density at radius 1 is 1.38 bits per heavy atom. The Hall–Kier alpha value is -1.23. The van der Waals surface area contributed by atoms with E-state index in [0.29, 0.717) is 22.4 Å². The van der Waals surface area contributed by atoms with Crippen molar-refractivity contribution in [3.63, 3.8) is 0 Å². The van der Waals surface area contributed by atoms with Crippen molar-refractivity contribution in [2.75, 3.05) is 7.11 Å². The van der Waals surface area contributed by atoms with Crippen LogP contribution in [0.5, 0.6) is 5.75 Å². The number of methoxy groups -OCH3 is 1. The number of halogens is 2. The summed E-state index contributed by atoms with van der Waals surface area (Å²) in [7, 11) is 1.56. The first kappa shape index (κ1) is 11.3. The molecular formula is C11H11F2NOS. The first-order chi connectivity index (χ1) is 7.61. The Morgan fingerprint density at radius 3 is 2.75 bits per heavy atom. The number of rotatable bonds is 3. The van der Waals surface area contributed by atoms with E-state index < -0.39 is 5.76 Å². The molecule has 0 bridgehead atoms. The van der Waals surface area contributed by atoms with Crippen molar-refractivity contribution >= 4 is 22.7 Å². The Kier molecular flexibility index (Phi) is 3.05. The molecule has 2 aromatic rings. The minimum atomic E-state index is -2.41. The number of benzene rings is 1. The number of hydrogen-bond acceptors (Lipinski definition) is 2. The lowest BCUT2D eigenvalue weighted by Gasteiger charge is -2.02. The van der Waals surface area contributed by atoms with Crippen molar-refractivity contribution in [2.45, 2.75) is 17.6 Å². The van der Waals surface area contributed by atoms with Gasteiger partial charge in [-0.05, 0) is 25.1 Å². The van der Waals surface area contributed by atoms with E-state index in [-0.39, 0.29) is 0 Å². The average Bonchev–Trinajstić information content (AvgIpc) is 2.54. The molecule has 0 radical (unpaired) electrons. The van der Waals surface area contributed by atoms with E-state index >= 15 is 0 Å². The molecule has 86 valence electrons. The molecule has 1 aromatic carbocycles. The van der Waals surface area contributed by atoms with E-state index in [1.165, 1.54) is 0 Å². The zero-order chi connectivity index (χ0) is 11.7. The van der Waals surface area contributed by atoms with Gasteiger partial charge >= 0.3 is 0 Å². The van der Waals surface area contributed by atoms with Crippen molar-refractivity contribution in [3.8, 4) is 5.75 Å². The van der Waals surface area contributed by atoms with Crippen LogP contribution in [0.3, 0.4) is 0 Å². The fourth-order valence-electron chi connectivity index (χ4n) is 1.65. The largest absolute Gasteiger partial charge is 0.497 e. The van der Waals surface area contributed by atoms with Crippen LogP contribution in [0.15, 0.2) is 23.1 Å². The second kappa shape index (κ2) is 4.33. The lowest BCUT2D eigenvalue weighted by atomic mass is 10.2. The molecule has 0 aliphatic carbocycles. The Morgan fingerprint density at radius 2 is 2.12 bits per heavy atom. The predicted octanol–water partition coefficient (Wildman–Crippen LogP) is 3.80. The molecule has 0 aliphatic heterocycles. The maximum absolute atomic E-state index is 12.4. The van der Waals surface area contributed by atoms with Crippen molar-refractivity contribution < 1.29 is 13.5 Å². The summed E-state index contributed by atoms with van der Waals surface area (Å²) in [5, 5.41) is 0.780. The van der Waals surface area contributed by atoms with Gasteiger partial charge in [0.05, 0.1) is 7.11 Å². The van der Waals surface area contributed by atoms with Crippen LogP contribution in [0.1, 0.15) is 5.69 Å². The summed E-state index contributed by atoms with van der Waals surface area (Å²) in [5.74, 6) is -1.74. The van der Waals surface area contributed by atoms with E-state index in [1.807, 2.05) is 6.07 Å². The number of thioether (sulfide) groups is 1. The van der Waals surface area contributed by atoms with Gasteiger partial charge in [0.25, 0.3) is 5.76 Å². The molecule has 0 fully saturated rings. The molecule has 0 aliphatic rings. The minimum absolute atomic E-state index is 0.560. The highest BCUT2D eigenvalue weighted by molar-refractivity contribution is 7.99. The van der Waals surface area contributed by atoms with Crippen molar-refractivity contribution in [2.24, 2.45) is 0 Å². The topological polar surface area (TPSA) is 25.0 Å². The zero-order valence-corrected chi connectivity index (χ0v) is 9.70. The van der Waals surface area contributed by atoms with Crippen molar-refractivity contribution in [1.29, 1.82) is 0 Å². The molecule has 0 saturated carbocycles. The minimum Gasteiger partial charge on any atom is -0.497 e. The molecule has 1 N–H and O–H groups in total. The number of fused-ring (bicyclic) bond motifs is 1. The summed E-state index contributed by atoms with van der Waals surface area (Å²) >= 11 is 0.560. The Bertz CT molecular complexity index is 510. The predicted molar refractivity (Wildman–Crippen MR) is 61.4 cm³/mol. The molecule has 0 amide bonds. The maximum Gasteiger partial charge on any atom is 0.288 e. The van der Waals surface area contributed by atoms with Crippen molar-refractivity contribution in [1.82, 2.24) is 4.98 Å². The number of hydrogen-bond donors (Lipinski definition) is 1. The van der Waals surface area contributed by atoms with Crippen LogP contribution in [0.25, 0.3) is 10.9 Å². The van der Waals surface area contributed by atoms with E-state index in [1.54, 1.807) is 26.2 Å². The van der Waals surface area contributed by atoms with Crippen LogP contribution in [-0.4, -0.2) is 17.9 Å². The molecular weight excluding hydrogens is 232 g/mol. The number of H-pyrrole nitrogens is 1. The van der Waals surface area contributed by atoms with Gasteiger partial charge in [-0.15, -0.1) is 0 Å². The van der Waals surface area contributed by atoms with E-state index in [2.05, 4.69) is 4.98 Å². The third kappa shape index (κ3) is 2.00. The van der Waals surface area contributed by atoms with Gasteiger partial charge in [0, 0.05) is 21.5 Å². The standard InChI is InChI=1S/C11H11F2NOS/c1-6-10(16-11(12)13)8-5-7(15-2)3-4-9(8)14-6/h3-5,11,14H,1-2H3. The van der Waals surface area contributed by atoms with Gasteiger partial charge in [-0.25, -0.2) is 0 Å². The van der Waals surface area contributed by atoms with Gasteiger partial charge in [0.2, 0.25) is 0 Å². The van der Waals surface area contributed by atoms with Gasteiger partial charge in [0.1, 0.15) is 5.75 Å². The van der Waals surface area contributed by atoms with E-state index in [9.17, 15) is 8.78 Å². The number of nitrogens with one attached hydrogen (secondary N) is 1. The average molecular weight is 243 g/mol. The highest BCUT2D eigenvalue weighted by atomic mass is 32.2. The van der Waals surface area contributed by atoms with Crippen LogP contribution >= 0.6 is 11.8 Å². The van der Waals surface area contributed by atoms with Crippen LogP contribution < -0.4 is 4.74 Å². The molecule has 0 atom stereocenters.